The summed E-state index contributed by atoms with van der Waals surface area (Å²) in [6.07, 6.45) is 2.23. The molecule has 0 saturated carbocycles. The monoisotopic (exact) mass is 188 g/mol. The zero-order valence-corrected chi connectivity index (χ0v) is 8.42. The van der Waals surface area contributed by atoms with Gasteiger partial charge in [-0.2, -0.15) is 0 Å². The Morgan fingerprint density at radius 1 is 1.38 bits per heavy atom. The molecule has 0 aromatic rings. The van der Waals surface area contributed by atoms with Crippen molar-refractivity contribution in [3.8, 4) is 0 Å². The molecule has 0 heterocycles. The molecule has 1 atom stereocenters. The van der Waals surface area contributed by atoms with Crippen LogP contribution < -0.4 is 11.1 Å². The Labute approximate surface area is 79.5 Å². The molecule has 0 rings (SSSR count). The lowest BCUT2D eigenvalue weighted by atomic mass is 10.0. The van der Waals surface area contributed by atoms with E-state index in [0.29, 0.717) is 12.5 Å². The SMILES string of the molecule is CCC(CC)CNCC(N)C(=O)O. The molecule has 0 aromatic carbocycles. The molecule has 0 fully saturated rings. The van der Waals surface area contributed by atoms with Crippen LogP contribution in [0.25, 0.3) is 0 Å². The van der Waals surface area contributed by atoms with E-state index in [9.17, 15) is 4.79 Å². The predicted octanol–water partition coefficient (Wildman–Crippen LogP) is 0.424. The molecule has 4 nitrogen and oxygen atoms in total. The summed E-state index contributed by atoms with van der Waals surface area (Å²) in [7, 11) is 0. The van der Waals surface area contributed by atoms with E-state index in [2.05, 4.69) is 19.2 Å². The van der Waals surface area contributed by atoms with Crippen LogP contribution in [0.1, 0.15) is 26.7 Å². The molecule has 13 heavy (non-hydrogen) atoms. The molecule has 0 aliphatic rings. The number of hydrogen-bond donors (Lipinski definition) is 3. The summed E-state index contributed by atoms with van der Waals surface area (Å²) in [4.78, 5) is 10.3. The van der Waals surface area contributed by atoms with Crippen LogP contribution in [0.4, 0.5) is 0 Å². The van der Waals surface area contributed by atoms with E-state index in [-0.39, 0.29) is 0 Å². The molecule has 0 bridgehead atoms. The van der Waals surface area contributed by atoms with E-state index in [4.69, 9.17) is 10.8 Å². The van der Waals surface area contributed by atoms with Crippen LogP contribution >= 0.6 is 0 Å². The minimum atomic E-state index is -0.947. The number of nitrogens with one attached hydrogen (secondary N) is 1. The van der Waals surface area contributed by atoms with E-state index >= 15 is 0 Å². The molecule has 78 valence electrons. The van der Waals surface area contributed by atoms with Gasteiger partial charge in [-0.25, -0.2) is 0 Å². The van der Waals surface area contributed by atoms with Gasteiger partial charge in [0, 0.05) is 6.54 Å². The van der Waals surface area contributed by atoms with Gasteiger partial charge in [0.1, 0.15) is 6.04 Å². The van der Waals surface area contributed by atoms with Gasteiger partial charge in [0.15, 0.2) is 0 Å². The Morgan fingerprint density at radius 2 is 1.92 bits per heavy atom. The lowest BCUT2D eigenvalue weighted by Gasteiger charge is -2.14. The lowest BCUT2D eigenvalue weighted by Crippen LogP contribution is -2.41. The van der Waals surface area contributed by atoms with Crippen molar-refractivity contribution in [3.05, 3.63) is 0 Å². The molecule has 4 heteroatoms. The van der Waals surface area contributed by atoms with Crippen molar-refractivity contribution in [1.29, 1.82) is 0 Å². The summed E-state index contributed by atoms with van der Waals surface area (Å²) >= 11 is 0. The maximum absolute atomic E-state index is 10.3. The molecule has 0 amide bonds. The first kappa shape index (κ1) is 12.4. The number of nitrogens with two attached hydrogens (primary N) is 1. The van der Waals surface area contributed by atoms with Gasteiger partial charge in [0.2, 0.25) is 0 Å². The van der Waals surface area contributed by atoms with Crippen molar-refractivity contribution in [2.24, 2.45) is 11.7 Å². The Morgan fingerprint density at radius 3 is 2.31 bits per heavy atom. The molecule has 1 unspecified atom stereocenters. The zero-order chi connectivity index (χ0) is 10.3. The lowest BCUT2D eigenvalue weighted by molar-refractivity contribution is -0.138. The van der Waals surface area contributed by atoms with Crippen molar-refractivity contribution in [2.45, 2.75) is 32.7 Å². The van der Waals surface area contributed by atoms with Crippen molar-refractivity contribution in [2.75, 3.05) is 13.1 Å². The highest BCUT2D eigenvalue weighted by Gasteiger charge is 2.11. The summed E-state index contributed by atoms with van der Waals surface area (Å²) in [5, 5.41) is 11.6. The van der Waals surface area contributed by atoms with Crippen LogP contribution in [-0.4, -0.2) is 30.2 Å². The number of carboxylic acids is 1. The first-order valence-electron chi connectivity index (χ1n) is 4.80. The van der Waals surface area contributed by atoms with E-state index in [1.54, 1.807) is 0 Å². The largest absolute Gasteiger partial charge is 0.480 e. The van der Waals surface area contributed by atoms with Gasteiger partial charge < -0.3 is 16.2 Å². The summed E-state index contributed by atoms with van der Waals surface area (Å²) in [5.74, 6) is -0.321. The van der Waals surface area contributed by atoms with E-state index < -0.39 is 12.0 Å². The molecule has 0 radical (unpaired) electrons. The summed E-state index contributed by atoms with van der Waals surface area (Å²) in [6.45, 7) is 5.47. The molecule has 0 aromatic heterocycles. The fraction of sp³-hybridized carbons (Fsp3) is 0.889. The van der Waals surface area contributed by atoms with E-state index in [0.717, 1.165) is 19.4 Å². The van der Waals surface area contributed by atoms with Gasteiger partial charge >= 0.3 is 5.97 Å². The number of rotatable bonds is 7. The van der Waals surface area contributed by atoms with Gasteiger partial charge in [-0.15, -0.1) is 0 Å². The Kier molecular flexibility index (Phi) is 6.54. The average Bonchev–Trinajstić information content (AvgIpc) is 2.12. The standard InChI is InChI=1S/C9H20N2O2/c1-3-7(4-2)5-11-6-8(10)9(12)13/h7-8,11H,3-6,10H2,1-2H3,(H,12,13). The smallest absolute Gasteiger partial charge is 0.321 e. The number of hydrogen-bond acceptors (Lipinski definition) is 3. The van der Waals surface area contributed by atoms with Crippen LogP contribution in [0.2, 0.25) is 0 Å². The van der Waals surface area contributed by atoms with Crippen molar-refractivity contribution < 1.29 is 9.90 Å². The van der Waals surface area contributed by atoms with Crippen LogP contribution in [0.5, 0.6) is 0 Å². The van der Waals surface area contributed by atoms with Crippen LogP contribution in [0.15, 0.2) is 0 Å². The van der Waals surface area contributed by atoms with Crippen LogP contribution in [0.3, 0.4) is 0 Å². The second kappa shape index (κ2) is 6.86. The van der Waals surface area contributed by atoms with Gasteiger partial charge in [-0.3, -0.25) is 4.79 Å². The Hall–Kier alpha value is -0.610. The maximum atomic E-state index is 10.3. The fourth-order valence-electron chi connectivity index (χ4n) is 1.11. The van der Waals surface area contributed by atoms with E-state index in [1.807, 2.05) is 0 Å². The third kappa shape index (κ3) is 5.60. The zero-order valence-electron chi connectivity index (χ0n) is 8.42. The molecule has 4 N–H and O–H groups in total. The third-order valence-corrected chi connectivity index (χ3v) is 2.27. The highest BCUT2D eigenvalue weighted by atomic mass is 16.4. The topological polar surface area (TPSA) is 75.3 Å². The van der Waals surface area contributed by atoms with Gasteiger partial charge in [0.05, 0.1) is 0 Å². The molecule has 0 aliphatic carbocycles. The number of carboxylic acid groups (broad SMARTS) is 1. The first-order valence-corrected chi connectivity index (χ1v) is 4.80. The predicted molar refractivity (Wildman–Crippen MR) is 52.6 cm³/mol. The van der Waals surface area contributed by atoms with Crippen molar-refractivity contribution in [1.82, 2.24) is 5.32 Å². The van der Waals surface area contributed by atoms with Crippen LogP contribution in [-0.2, 0) is 4.79 Å². The minimum Gasteiger partial charge on any atom is -0.480 e. The minimum absolute atomic E-state index is 0.353. The molecular weight excluding hydrogens is 168 g/mol. The summed E-state index contributed by atoms with van der Waals surface area (Å²) in [5.41, 5.74) is 5.32. The second-order valence-corrected chi connectivity index (χ2v) is 3.29. The highest BCUT2D eigenvalue weighted by molar-refractivity contribution is 5.73. The van der Waals surface area contributed by atoms with Crippen molar-refractivity contribution >= 4 is 5.97 Å². The van der Waals surface area contributed by atoms with E-state index in [1.165, 1.54) is 0 Å². The second-order valence-electron chi connectivity index (χ2n) is 3.29. The van der Waals surface area contributed by atoms with Gasteiger partial charge in [-0.05, 0) is 12.5 Å². The number of aliphatic carboxylic acids is 1. The number of carbonyl (C=O) groups is 1. The third-order valence-electron chi connectivity index (χ3n) is 2.27. The van der Waals surface area contributed by atoms with Crippen molar-refractivity contribution in [3.63, 3.8) is 0 Å². The fourth-order valence-corrected chi connectivity index (χ4v) is 1.11. The Balaban J connectivity index is 3.48. The maximum Gasteiger partial charge on any atom is 0.321 e. The summed E-state index contributed by atoms with van der Waals surface area (Å²) in [6, 6.07) is -0.783. The normalized spacial score (nSPS) is 13.2. The van der Waals surface area contributed by atoms with Crippen LogP contribution in [0, 0.1) is 5.92 Å². The van der Waals surface area contributed by atoms with Gasteiger partial charge in [-0.1, -0.05) is 26.7 Å². The van der Waals surface area contributed by atoms with Gasteiger partial charge in [0.25, 0.3) is 0 Å². The molecule has 0 saturated heterocycles. The summed E-state index contributed by atoms with van der Waals surface area (Å²) < 4.78 is 0. The Bertz CT molecular complexity index is 147. The quantitative estimate of drug-likeness (QED) is 0.541. The molecule has 0 spiro atoms. The molecule has 0 aliphatic heterocycles. The highest BCUT2D eigenvalue weighted by Crippen LogP contribution is 2.04. The molecular formula is C9H20N2O2. The first-order chi connectivity index (χ1) is 6.11. The average molecular weight is 188 g/mol.